The van der Waals surface area contributed by atoms with Crippen LogP contribution in [0.3, 0.4) is 0 Å². The van der Waals surface area contributed by atoms with E-state index in [2.05, 4.69) is 19.2 Å². The third-order valence-corrected chi connectivity index (χ3v) is 5.83. The highest BCUT2D eigenvalue weighted by atomic mass is 16.2. The fourth-order valence-electron chi connectivity index (χ4n) is 4.28. The molecule has 3 rings (SSSR count). The first-order valence-electron chi connectivity index (χ1n) is 8.14. The number of hydrogen-bond donors (Lipinski definition) is 1. The lowest BCUT2D eigenvalue weighted by Gasteiger charge is -2.46. The average Bonchev–Trinajstić information content (AvgIpc) is 2.86. The normalized spacial score (nSPS) is 37.3. The summed E-state index contributed by atoms with van der Waals surface area (Å²) >= 11 is 0. The molecule has 4 nitrogen and oxygen atoms in total. The Balaban J connectivity index is 1.78. The van der Waals surface area contributed by atoms with Crippen LogP contribution in [-0.4, -0.2) is 34.8 Å². The molecule has 4 heteroatoms. The minimum atomic E-state index is -0.554. The number of rotatable bonds is 1. The molecule has 0 aromatic rings. The van der Waals surface area contributed by atoms with Crippen LogP contribution in [0.25, 0.3) is 0 Å². The summed E-state index contributed by atoms with van der Waals surface area (Å²) in [6, 6.07) is 0.275. The molecule has 0 aromatic carbocycles. The van der Waals surface area contributed by atoms with E-state index in [1.165, 1.54) is 6.42 Å². The van der Waals surface area contributed by atoms with E-state index in [9.17, 15) is 9.59 Å². The molecule has 3 aliphatic rings. The molecule has 2 aliphatic carbocycles. The molecule has 2 saturated carbocycles. The molecule has 20 heavy (non-hydrogen) atoms. The number of carbonyl (C=O) groups excluding carboxylic acids is 2. The molecular formula is C16H26N2O2. The second-order valence-electron chi connectivity index (χ2n) is 7.19. The third kappa shape index (κ3) is 2.23. The number of nitrogens with zero attached hydrogens (tertiary/aromatic N) is 1. The molecule has 1 aliphatic heterocycles. The van der Waals surface area contributed by atoms with Crippen molar-refractivity contribution in [2.75, 3.05) is 6.54 Å². The summed E-state index contributed by atoms with van der Waals surface area (Å²) in [5.74, 6) is 1.62. The van der Waals surface area contributed by atoms with Gasteiger partial charge in [-0.15, -0.1) is 0 Å². The Morgan fingerprint density at radius 1 is 1.10 bits per heavy atom. The standard InChI is InChI=1S/C16H26N2O2/c1-11-5-6-13(9-12(11)2)18-10-14(19)17-16(15(18)20)7-3-4-8-16/h11-13H,3-10H2,1-2H3,(H,17,19). The minimum Gasteiger partial charge on any atom is -0.340 e. The van der Waals surface area contributed by atoms with Crippen LogP contribution in [0.1, 0.15) is 58.8 Å². The maximum atomic E-state index is 12.9. The highest BCUT2D eigenvalue weighted by molar-refractivity contribution is 5.98. The highest BCUT2D eigenvalue weighted by Crippen LogP contribution is 2.37. The van der Waals surface area contributed by atoms with Gasteiger partial charge in [-0.2, -0.15) is 0 Å². The van der Waals surface area contributed by atoms with Crippen LogP contribution in [0, 0.1) is 11.8 Å². The summed E-state index contributed by atoms with van der Waals surface area (Å²) < 4.78 is 0. The molecule has 2 amide bonds. The van der Waals surface area contributed by atoms with E-state index in [1.54, 1.807) is 0 Å². The fraction of sp³-hybridized carbons (Fsp3) is 0.875. The highest BCUT2D eigenvalue weighted by Gasteiger charge is 2.50. The van der Waals surface area contributed by atoms with E-state index < -0.39 is 5.54 Å². The van der Waals surface area contributed by atoms with Crippen molar-refractivity contribution in [1.29, 1.82) is 0 Å². The van der Waals surface area contributed by atoms with E-state index in [4.69, 9.17) is 0 Å². The maximum absolute atomic E-state index is 12.9. The number of amides is 2. The second-order valence-corrected chi connectivity index (χ2v) is 7.19. The van der Waals surface area contributed by atoms with Crippen molar-refractivity contribution in [2.45, 2.75) is 70.4 Å². The average molecular weight is 278 g/mol. The van der Waals surface area contributed by atoms with E-state index >= 15 is 0 Å². The Bertz CT molecular complexity index is 415. The van der Waals surface area contributed by atoms with Crippen molar-refractivity contribution < 1.29 is 9.59 Å². The van der Waals surface area contributed by atoms with Gasteiger partial charge in [-0.3, -0.25) is 9.59 Å². The van der Waals surface area contributed by atoms with E-state index in [0.29, 0.717) is 5.92 Å². The summed E-state index contributed by atoms with van der Waals surface area (Å²) in [7, 11) is 0. The van der Waals surface area contributed by atoms with Crippen molar-refractivity contribution >= 4 is 11.8 Å². The zero-order chi connectivity index (χ0) is 14.3. The number of nitrogens with one attached hydrogen (secondary N) is 1. The molecular weight excluding hydrogens is 252 g/mol. The van der Waals surface area contributed by atoms with Crippen molar-refractivity contribution in [2.24, 2.45) is 11.8 Å². The number of piperazine rings is 1. The minimum absolute atomic E-state index is 0.0396. The van der Waals surface area contributed by atoms with Gasteiger partial charge in [-0.05, 0) is 43.9 Å². The molecule has 1 heterocycles. The van der Waals surface area contributed by atoms with Crippen LogP contribution in [-0.2, 0) is 9.59 Å². The van der Waals surface area contributed by atoms with Gasteiger partial charge < -0.3 is 10.2 Å². The van der Waals surface area contributed by atoms with Gasteiger partial charge in [0.25, 0.3) is 0 Å². The fourth-order valence-corrected chi connectivity index (χ4v) is 4.28. The largest absolute Gasteiger partial charge is 0.340 e. The predicted molar refractivity (Wildman–Crippen MR) is 77.0 cm³/mol. The SMILES string of the molecule is CC1CCC(N2CC(=O)NC3(CCCC3)C2=O)CC1C. The van der Waals surface area contributed by atoms with Gasteiger partial charge in [0, 0.05) is 6.04 Å². The third-order valence-electron chi connectivity index (χ3n) is 5.83. The first-order valence-corrected chi connectivity index (χ1v) is 8.14. The summed E-state index contributed by atoms with van der Waals surface area (Å²) in [5.41, 5.74) is -0.554. The molecule has 112 valence electrons. The summed E-state index contributed by atoms with van der Waals surface area (Å²) in [6.45, 7) is 4.84. The van der Waals surface area contributed by atoms with Gasteiger partial charge in [0.1, 0.15) is 5.54 Å². The molecule has 1 spiro atoms. The quantitative estimate of drug-likeness (QED) is 0.798. The van der Waals surface area contributed by atoms with Crippen molar-refractivity contribution in [1.82, 2.24) is 10.2 Å². The molecule has 3 atom stereocenters. The van der Waals surface area contributed by atoms with E-state index in [0.717, 1.165) is 44.4 Å². The Labute approximate surface area is 121 Å². The van der Waals surface area contributed by atoms with Gasteiger partial charge in [-0.1, -0.05) is 26.7 Å². The smallest absolute Gasteiger partial charge is 0.249 e. The Hall–Kier alpha value is -1.06. The second kappa shape index (κ2) is 5.05. The summed E-state index contributed by atoms with van der Waals surface area (Å²) in [4.78, 5) is 26.9. The van der Waals surface area contributed by atoms with Crippen LogP contribution in [0.5, 0.6) is 0 Å². The van der Waals surface area contributed by atoms with Crippen LogP contribution >= 0.6 is 0 Å². The van der Waals surface area contributed by atoms with Gasteiger partial charge in [0.15, 0.2) is 0 Å². The van der Waals surface area contributed by atoms with Gasteiger partial charge in [0.2, 0.25) is 11.8 Å². The predicted octanol–water partition coefficient (Wildman–Crippen LogP) is 2.08. The summed E-state index contributed by atoms with van der Waals surface area (Å²) in [5, 5.41) is 3.00. The van der Waals surface area contributed by atoms with Gasteiger partial charge in [0.05, 0.1) is 6.54 Å². The van der Waals surface area contributed by atoms with E-state index in [1.807, 2.05) is 4.90 Å². The first-order chi connectivity index (χ1) is 9.52. The Morgan fingerprint density at radius 3 is 2.45 bits per heavy atom. The summed E-state index contributed by atoms with van der Waals surface area (Å²) in [6.07, 6.45) is 7.04. The van der Waals surface area contributed by atoms with E-state index in [-0.39, 0.29) is 24.4 Å². The lowest BCUT2D eigenvalue weighted by atomic mass is 9.77. The van der Waals surface area contributed by atoms with Crippen molar-refractivity contribution in [3.63, 3.8) is 0 Å². The Morgan fingerprint density at radius 2 is 1.80 bits per heavy atom. The zero-order valence-corrected chi connectivity index (χ0v) is 12.7. The molecule has 0 bridgehead atoms. The number of carbonyl (C=O) groups is 2. The molecule has 0 radical (unpaired) electrons. The van der Waals surface area contributed by atoms with Crippen molar-refractivity contribution in [3.8, 4) is 0 Å². The van der Waals surface area contributed by atoms with Crippen LogP contribution in [0.2, 0.25) is 0 Å². The molecule has 3 fully saturated rings. The topological polar surface area (TPSA) is 49.4 Å². The van der Waals surface area contributed by atoms with Gasteiger partial charge >= 0.3 is 0 Å². The molecule has 3 unspecified atom stereocenters. The molecule has 1 saturated heterocycles. The van der Waals surface area contributed by atoms with Crippen molar-refractivity contribution in [3.05, 3.63) is 0 Å². The lowest BCUT2D eigenvalue weighted by molar-refractivity contribution is -0.153. The van der Waals surface area contributed by atoms with Crippen LogP contribution in [0.4, 0.5) is 0 Å². The monoisotopic (exact) mass is 278 g/mol. The van der Waals surface area contributed by atoms with Crippen LogP contribution < -0.4 is 5.32 Å². The zero-order valence-electron chi connectivity index (χ0n) is 12.7. The number of hydrogen-bond acceptors (Lipinski definition) is 2. The van der Waals surface area contributed by atoms with Gasteiger partial charge in [-0.25, -0.2) is 0 Å². The Kier molecular flexibility index (Phi) is 3.51. The van der Waals surface area contributed by atoms with Crippen LogP contribution in [0.15, 0.2) is 0 Å². The first kappa shape index (κ1) is 13.9. The maximum Gasteiger partial charge on any atom is 0.249 e. The lowest BCUT2D eigenvalue weighted by Crippen LogP contribution is -2.67. The molecule has 0 aromatic heterocycles. The molecule has 1 N–H and O–H groups in total.